The van der Waals surface area contributed by atoms with Crippen LogP contribution in [0, 0.1) is 0 Å². The summed E-state index contributed by atoms with van der Waals surface area (Å²) in [5.41, 5.74) is 11.5. The van der Waals surface area contributed by atoms with E-state index < -0.39 is 72.6 Å². The molecule has 4 unspecified atom stereocenters. The number of rotatable bonds is 13. The Kier molecular flexibility index (Phi) is 10.4. The van der Waals surface area contributed by atoms with Crippen LogP contribution in [0.5, 0.6) is 5.75 Å². The van der Waals surface area contributed by atoms with Crippen molar-refractivity contribution in [3.63, 3.8) is 0 Å². The summed E-state index contributed by atoms with van der Waals surface area (Å²) in [5.74, 6) is -6.88. The molecule has 0 aliphatic heterocycles. The molecule has 0 aromatic heterocycles. The van der Waals surface area contributed by atoms with Crippen molar-refractivity contribution in [3.05, 3.63) is 29.8 Å². The van der Waals surface area contributed by atoms with E-state index in [0.29, 0.717) is 5.56 Å². The van der Waals surface area contributed by atoms with Gasteiger partial charge in [-0.1, -0.05) is 12.1 Å². The topological polar surface area (TPSA) is 251 Å². The number of aromatic hydroxyl groups is 1. The fraction of sp³-hybridized carbons (Fsp3) is 0.400. The van der Waals surface area contributed by atoms with Crippen LogP contribution >= 0.6 is 0 Å². The molecule has 0 heterocycles. The van der Waals surface area contributed by atoms with E-state index in [2.05, 4.69) is 16.0 Å². The normalized spacial score (nSPS) is 14.1. The second-order valence-electron chi connectivity index (χ2n) is 7.44. The van der Waals surface area contributed by atoms with Crippen LogP contribution in [0.4, 0.5) is 0 Å². The minimum atomic E-state index is -1.67. The lowest BCUT2D eigenvalue weighted by atomic mass is 10.0. The summed E-state index contributed by atoms with van der Waals surface area (Å²) < 4.78 is 0. The fourth-order valence-electron chi connectivity index (χ4n) is 2.70. The lowest BCUT2D eigenvalue weighted by molar-refractivity contribution is -0.143. The third-order valence-electron chi connectivity index (χ3n) is 4.51. The first-order valence-corrected chi connectivity index (χ1v) is 9.97. The Morgan fingerprint density at radius 1 is 0.853 bits per heavy atom. The van der Waals surface area contributed by atoms with Gasteiger partial charge in [-0.3, -0.25) is 28.8 Å². The van der Waals surface area contributed by atoms with Crippen molar-refractivity contribution in [2.24, 2.45) is 11.5 Å². The van der Waals surface area contributed by atoms with Crippen molar-refractivity contribution in [2.45, 2.75) is 50.4 Å². The summed E-state index contributed by atoms with van der Waals surface area (Å²) in [5, 5.41) is 33.7. The van der Waals surface area contributed by atoms with E-state index >= 15 is 0 Å². The Morgan fingerprint density at radius 2 is 1.35 bits per heavy atom. The molecule has 0 aliphatic carbocycles. The van der Waals surface area contributed by atoms with E-state index in [-0.39, 0.29) is 12.2 Å². The predicted octanol–water partition coefficient (Wildman–Crippen LogP) is -2.83. The number of carbonyl (C=O) groups excluding carboxylic acids is 4. The number of phenols is 1. The van der Waals surface area contributed by atoms with E-state index in [0.717, 1.165) is 6.92 Å². The number of primary amides is 1. The fourth-order valence-corrected chi connectivity index (χ4v) is 2.70. The van der Waals surface area contributed by atoms with E-state index in [4.69, 9.17) is 21.7 Å². The number of benzene rings is 1. The number of phenolic OH excluding ortho intramolecular Hbond substituents is 1. The van der Waals surface area contributed by atoms with Crippen molar-refractivity contribution < 1.29 is 44.1 Å². The first-order valence-electron chi connectivity index (χ1n) is 9.97. The van der Waals surface area contributed by atoms with Crippen molar-refractivity contribution in [1.29, 1.82) is 0 Å². The maximum Gasteiger partial charge on any atom is 0.325 e. The van der Waals surface area contributed by atoms with Gasteiger partial charge in [-0.05, 0) is 31.0 Å². The molecule has 0 fully saturated rings. The molecule has 14 nitrogen and oxygen atoms in total. The Bertz CT molecular complexity index is 935. The van der Waals surface area contributed by atoms with Crippen molar-refractivity contribution >= 4 is 35.6 Å². The molecule has 0 aliphatic rings. The standard InChI is InChI=1S/C20H27N5O9/c1-9(20(33)34)23-18(31)13(7-15(22)27)25-19(32)14(8-16(28)29)24-17(30)12(21)6-10-2-4-11(26)5-3-10/h2-5,9,12-14,26H,6-8,21H2,1H3,(H2,22,27)(H,23,31)(H,24,30)(H,25,32)(H,28,29)(H,33,34). The van der Waals surface area contributed by atoms with Crippen molar-refractivity contribution in [3.8, 4) is 5.75 Å². The largest absolute Gasteiger partial charge is 0.508 e. The van der Waals surface area contributed by atoms with Gasteiger partial charge in [-0.15, -0.1) is 0 Å². The smallest absolute Gasteiger partial charge is 0.325 e. The Hall–Kier alpha value is -4.20. The summed E-state index contributed by atoms with van der Waals surface area (Å²) >= 11 is 0. The highest BCUT2D eigenvalue weighted by molar-refractivity contribution is 5.97. The molecule has 1 aromatic rings. The molecule has 4 atom stereocenters. The van der Waals surface area contributed by atoms with E-state index in [1.54, 1.807) is 0 Å². The van der Waals surface area contributed by atoms with Gasteiger partial charge in [-0.2, -0.15) is 0 Å². The number of carbonyl (C=O) groups is 6. The molecule has 4 amide bonds. The number of hydrogen-bond donors (Lipinski definition) is 8. The number of nitrogens with two attached hydrogens (primary N) is 2. The highest BCUT2D eigenvalue weighted by Crippen LogP contribution is 2.11. The second kappa shape index (κ2) is 12.7. The molecule has 186 valence electrons. The van der Waals surface area contributed by atoms with Gasteiger partial charge >= 0.3 is 11.9 Å². The molecule has 10 N–H and O–H groups in total. The first kappa shape index (κ1) is 27.8. The molecular formula is C20H27N5O9. The van der Waals surface area contributed by atoms with Crippen LogP contribution in [-0.2, 0) is 35.2 Å². The van der Waals surface area contributed by atoms with Gasteiger partial charge in [0.15, 0.2) is 0 Å². The maximum atomic E-state index is 12.6. The molecule has 1 rings (SSSR count). The number of amides is 4. The molecule has 0 radical (unpaired) electrons. The SMILES string of the molecule is CC(NC(=O)C(CC(N)=O)NC(=O)C(CC(=O)O)NC(=O)C(N)Cc1ccc(O)cc1)C(=O)O. The molecule has 0 saturated heterocycles. The van der Waals surface area contributed by atoms with Crippen LogP contribution in [0.1, 0.15) is 25.3 Å². The van der Waals surface area contributed by atoms with Crippen LogP contribution in [0.15, 0.2) is 24.3 Å². The third kappa shape index (κ3) is 9.52. The zero-order valence-electron chi connectivity index (χ0n) is 18.2. The molecule has 34 heavy (non-hydrogen) atoms. The molecular weight excluding hydrogens is 454 g/mol. The van der Waals surface area contributed by atoms with Crippen molar-refractivity contribution in [2.75, 3.05) is 0 Å². The number of nitrogens with one attached hydrogen (secondary N) is 3. The summed E-state index contributed by atoms with van der Waals surface area (Å²) in [6, 6.07) is -0.0149. The molecule has 1 aromatic carbocycles. The van der Waals surface area contributed by atoms with Crippen LogP contribution in [-0.4, -0.2) is 75.1 Å². The minimum absolute atomic E-state index is 0.00673. The number of carboxylic acid groups (broad SMARTS) is 2. The van der Waals surface area contributed by atoms with E-state index in [1.165, 1.54) is 24.3 Å². The number of aliphatic carboxylic acids is 2. The highest BCUT2D eigenvalue weighted by atomic mass is 16.4. The monoisotopic (exact) mass is 481 g/mol. The van der Waals surface area contributed by atoms with Crippen LogP contribution in [0.2, 0.25) is 0 Å². The zero-order chi connectivity index (χ0) is 26.0. The van der Waals surface area contributed by atoms with Crippen molar-refractivity contribution in [1.82, 2.24) is 16.0 Å². The van der Waals surface area contributed by atoms with Crippen LogP contribution in [0.3, 0.4) is 0 Å². The Morgan fingerprint density at radius 3 is 1.85 bits per heavy atom. The van der Waals surface area contributed by atoms with Gasteiger partial charge in [0.2, 0.25) is 23.6 Å². The quantitative estimate of drug-likeness (QED) is 0.143. The minimum Gasteiger partial charge on any atom is -0.508 e. The zero-order valence-corrected chi connectivity index (χ0v) is 18.2. The first-order chi connectivity index (χ1) is 15.8. The number of hydrogen-bond acceptors (Lipinski definition) is 8. The average molecular weight is 481 g/mol. The van der Waals surface area contributed by atoms with E-state index in [1.807, 2.05) is 0 Å². The third-order valence-corrected chi connectivity index (χ3v) is 4.51. The molecule has 0 saturated carbocycles. The van der Waals surface area contributed by atoms with E-state index in [9.17, 15) is 33.9 Å². The van der Waals surface area contributed by atoms with Gasteiger partial charge in [0, 0.05) is 0 Å². The van der Waals surface area contributed by atoms with Crippen LogP contribution < -0.4 is 27.4 Å². The van der Waals surface area contributed by atoms with Gasteiger partial charge in [0.1, 0.15) is 23.9 Å². The maximum absolute atomic E-state index is 12.6. The summed E-state index contributed by atoms with van der Waals surface area (Å²) in [4.78, 5) is 70.8. The molecule has 0 spiro atoms. The summed E-state index contributed by atoms with van der Waals surface area (Å²) in [7, 11) is 0. The van der Waals surface area contributed by atoms with Gasteiger partial charge in [0.05, 0.1) is 18.9 Å². The second-order valence-corrected chi connectivity index (χ2v) is 7.44. The average Bonchev–Trinajstić information content (AvgIpc) is 2.73. The highest BCUT2D eigenvalue weighted by Gasteiger charge is 2.31. The lowest BCUT2D eigenvalue weighted by Crippen LogP contribution is -2.58. The van der Waals surface area contributed by atoms with Gasteiger partial charge in [-0.25, -0.2) is 0 Å². The summed E-state index contributed by atoms with van der Waals surface area (Å²) in [6.07, 6.45) is -1.58. The summed E-state index contributed by atoms with van der Waals surface area (Å²) in [6.45, 7) is 1.15. The Labute approximate surface area is 193 Å². The lowest BCUT2D eigenvalue weighted by Gasteiger charge is -2.23. The molecule has 0 bridgehead atoms. The Balaban J connectivity index is 2.93. The molecule has 14 heteroatoms. The van der Waals surface area contributed by atoms with Crippen LogP contribution in [0.25, 0.3) is 0 Å². The number of carboxylic acids is 2. The van der Waals surface area contributed by atoms with Gasteiger partial charge in [0.25, 0.3) is 0 Å². The van der Waals surface area contributed by atoms with Gasteiger partial charge < -0.3 is 42.7 Å². The predicted molar refractivity (Wildman–Crippen MR) is 115 cm³/mol.